The Kier molecular flexibility index (Phi) is 7.72. The van der Waals surface area contributed by atoms with E-state index in [2.05, 4.69) is 11.8 Å². The fraction of sp³-hybridized carbons (Fsp3) is 0.385. The first kappa shape index (κ1) is 22.4. The van der Waals surface area contributed by atoms with Crippen molar-refractivity contribution in [3.63, 3.8) is 0 Å². The Hall–Kier alpha value is -3.26. The first-order valence-corrected chi connectivity index (χ1v) is 10.5. The van der Waals surface area contributed by atoms with E-state index in [9.17, 15) is 9.59 Å². The van der Waals surface area contributed by atoms with Crippen molar-refractivity contribution in [1.82, 2.24) is 0 Å². The molecule has 0 spiro atoms. The van der Waals surface area contributed by atoms with Gasteiger partial charge in [0.2, 0.25) is 0 Å². The highest BCUT2D eigenvalue weighted by Gasteiger charge is 2.21. The molecular formula is C26H28O5. The molecule has 1 aliphatic carbocycles. The zero-order valence-electron chi connectivity index (χ0n) is 18.3. The van der Waals surface area contributed by atoms with Crippen LogP contribution in [0.4, 0.5) is 0 Å². The predicted octanol–water partition coefficient (Wildman–Crippen LogP) is 4.92. The van der Waals surface area contributed by atoms with Gasteiger partial charge >= 0.3 is 5.97 Å². The van der Waals surface area contributed by atoms with Gasteiger partial charge < -0.3 is 14.2 Å². The number of carbonyl (C=O) groups excluding carboxylic acids is 2. The van der Waals surface area contributed by atoms with Crippen molar-refractivity contribution < 1.29 is 23.8 Å². The number of Topliss-reactive ketones (excluding diaryl/α,β-unsaturated/α-hetero) is 1. The SMILES string of the molecule is COC(=O)CC(C#Cc1ccc(C(C)=O)cc1)c1ccc(OC)c(OC2CCCC2)c1. The van der Waals surface area contributed by atoms with Crippen LogP contribution in [0.25, 0.3) is 0 Å². The van der Waals surface area contributed by atoms with E-state index in [4.69, 9.17) is 14.2 Å². The largest absolute Gasteiger partial charge is 0.493 e. The molecular weight excluding hydrogens is 392 g/mol. The van der Waals surface area contributed by atoms with Gasteiger partial charge in [0.15, 0.2) is 17.3 Å². The van der Waals surface area contributed by atoms with E-state index in [1.807, 2.05) is 30.3 Å². The molecule has 0 saturated heterocycles. The highest BCUT2D eigenvalue weighted by molar-refractivity contribution is 5.94. The lowest BCUT2D eigenvalue weighted by atomic mass is 9.95. The van der Waals surface area contributed by atoms with E-state index >= 15 is 0 Å². The third kappa shape index (κ3) is 6.11. The Balaban J connectivity index is 1.89. The van der Waals surface area contributed by atoms with Gasteiger partial charge in [-0.25, -0.2) is 0 Å². The lowest BCUT2D eigenvalue weighted by Crippen LogP contribution is -2.12. The number of hydrogen-bond donors (Lipinski definition) is 0. The molecule has 31 heavy (non-hydrogen) atoms. The number of ketones is 1. The maximum Gasteiger partial charge on any atom is 0.307 e. The summed E-state index contributed by atoms with van der Waals surface area (Å²) in [6, 6.07) is 12.8. The monoisotopic (exact) mass is 420 g/mol. The van der Waals surface area contributed by atoms with Crippen LogP contribution in [0.1, 0.15) is 66.4 Å². The third-order valence-electron chi connectivity index (χ3n) is 5.47. The van der Waals surface area contributed by atoms with Crippen molar-refractivity contribution in [3.8, 4) is 23.3 Å². The van der Waals surface area contributed by atoms with Gasteiger partial charge in [-0.3, -0.25) is 9.59 Å². The minimum Gasteiger partial charge on any atom is -0.493 e. The van der Waals surface area contributed by atoms with Crippen LogP contribution in [-0.2, 0) is 9.53 Å². The smallest absolute Gasteiger partial charge is 0.307 e. The maximum atomic E-state index is 12.0. The van der Waals surface area contributed by atoms with E-state index in [-0.39, 0.29) is 30.2 Å². The second-order valence-corrected chi connectivity index (χ2v) is 7.67. The number of carbonyl (C=O) groups is 2. The van der Waals surface area contributed by atoms with Crippen molar-refractivity contribution in [2.75, 3.05) is 14.2 Å². The summed E-state index contributed by atoms with van der Waals surface area (Å²) in [6.45, 7) is 1.53. The molecule has 1 fully saturated rings. The molecule has 5 nitrogen and oxygen atoms in total. The standard InChI is InChI=1S/C26H28O5/c1-18(27)20-11-8-19(9-12-20)10-13-22(17-26(28)30-3)21-14-15-24(29-2)25(16-21)31-23-6-4-5-7-23/h8-9,11-12,14-16,22-23H,4-7,17H2,1-3H3. The molecule has 1 unspecified atom stereocenters. The first-order valence-electron chi connectivity index (χ1n) is 10.5. The summed E-state index contributed by atoms with van der Waals surface area (Å²) in [7, 11) is 2.99. The average molecular weight is 421 g/mol. The van der Waals surface area contributed by atoms with Crippen LogP contribution in [-0.4, -0.2) is 32.1 Å². The Morgan fingerprint density at radius 2 is 1.74 bits per heavy atom. The van der Waals surface area contributed by atoms with Gasteiger partial charge in [-0.2, -0.15) is 0 Å². The zero-order chi connectivity index (χ0) is 22.2. The molecule has 1 aliphatic rings. The fourth-order valence-corrected chi connectivity index (χ4v) is 3.65. The second kappa shape index (κ2) is 10.7. The van der Waals surface area contributed by atoms with E-state index in [1.165, 1.54) is 26.9 Å². The molecule has 162 valence electrons. The van der Waals surface area contributed by atoms with Crippen LogP contribution in [0, 0.1) is 11.8 Å². The van der Waals surface area contributed by atoms with Crippen molar-refractivity contribution in [2.45, 2.75) is 51.0 Å². The minimum absolute atomic E-state index is 0.0103. The van der Waals surface area contributed by atoms with Gasteiger partial charge in [-0.05, 0) is 62.4 Å². The molecule has 0 aromatic heterocycles. The number of rotatable bonds is 7. The quantitative estimate of drug-likeness (QED) is 0.362. The summed E-state index contributed by atoms with van der Waals surface area (Å²) in [5.41, 5.74) is 2.28. The number of esters is 1. The van der Waals surface area contributed by atoms with Gasteiger partial charge in [0.05, 0.1) is 32.7 Å². The summed E-state index contributed by atoms with van der Waals surface area (Å²) < 4.78 is 16.5. The molecule has 0 bridgehead atoms. The number of ether oxygens (including phenoxy) is 3. The molecule has 5 heteroatoms. The van der Waals surface area contributed by atoms with Crippen LogP contribution in [0.5, 0.6) is 11.5 Å². The van der Waals surface area contributed by atoms with Gasteiger partial charge in [0.1, 0.15) is 0 Å². The summed E-state index contributed by atoms with van der Waals surface area (Å²) in [5.74, 6) is 6.97. The van der Waals surface area contributed by atoms with Crippen LogP contribution >= 0.6 is 0 Å². The van der Waals surface area contributed by atoms with Crippen LogP contribution in [0.2, 0.25) is 0 Å². The molecule has 2 aromatic rings. The fourth-order valence-electron chi connectivity index (χ4n) is 3.65. The van der Waals surface area contributed by atoms with Gasteiger partial charge in [-0.15, -0.1) is 0 Å². The van der Waals surface area contributed by atoms with Crippen LogP contribution < -0.4 is 9.47 Å². The van der Waals surface area contributed by atoms with Crippen LogP contribution in [0.15, 0.2) is 42.5 Å². The summed E-state index contributed by atoms with van der Waals surface area (Å²) in [5, 5.41) is 0. The van der Waals surface area contributed by atoms with E-state index in [0.29, 0.717) is 17.1 Å². The lowest BCUT2D eigenvalue weighted by Gasteiger charge is -2.18. The highest BCUT2D eigenvalue weighted by atomic mass is 16.5. The first-order chi connectivity index (χ1) is 15.0. The maximum absolute atomic E-state index is 12.0. The lowest BCUT2D eigenvalue weighted by molar-refractivity contribution is -0.140. The molecule has 2 aromatic carbocycles. The second-order valence-electron chi connectivity index (χ2n) is 7.67. The molecule has 0 N–H and O–H groups in total. The molecule has 0 radical (unpaired) electrons. The molecule has 1 saturated carbocycles. The summed E-state index contributed by atoms with van der Waals surface area (Å²) in [4.78, 5) is 23.5. The van der Waals surface area contributed by atoms with Crippen molar-refractivity contribution >= 4 is 11.8 Å². The van der Waals surface area contributed by atoms with Gasteiger partial charge in [-0.1, -0.05) is 30.0 Å². The average Bonchev–Trinajstić information content (AvgIpc) is 3.29. The van der Waals surface area contributed by atoms with Crippen LogP contribution in [0.3, 0.4) is 0 Å². The Morgan fingerprint density at radius 1 is 1.03 bits per heavy atom. The number of benzene rings is 2. The number of hydrogen-bond acceptors (Lipinski definition) is 5. The molecule has 0 aliphatic heterocycles. The molecule has 3 rings (SSSR count). The summed E-state index contributed by atoms with van der Waals surface area (Å²) in [6.07, 6.45) is 4.74. The summed E-state index contributed by atoms with van der Waals surface area (Å²) >= 11 is 0. The Bertz CT molecular complexity index is 975. The normalized spacial score (nSPS) is 14.3. The molecule has 1 atom stereocenters. The Labute approximate surface area is 183 Å². The van der Waals surface area contributed by atoms with Gasteiger partial charge in [0.25, 0.3) is 0 Å². The Morgan fingerprint density at radius 3 is 2.35 bits per heavy atom. The predicted molar refractivity (Wildman–Crippen MR) is 119 cm³/mol. The van der Waals surface area contributed by atoms with Crippen molar-refractivity contribution in [3.05, 3.63) is 59.2 Å². The van der Waals surface area contributed by atoms with E-state index in [1.54, 1.807) is 19.2 Å². The van der Waals surface area contributed by atoms with E-state index < -0.39 is 0 Å². The molecule has 0 heterocycles. The third-order valence-corrected chi connectivity index (χ3v) is 5.47. The topological polar surface area (TPSA) is 61.8 Å². The zero-order valence-corrected chi connectivity index (χ0v) is 18.3. The number of methoxy groups -OCH3 is 2. The minimum atomic E-state index is -0.364. The highest BCUT2D eigenvalue weighted by Crippen LogP contribution is 2.35. The van der Waals surface area contributed by atoms with Gasteiger partial charge in [0, 0.05) is 11.1 Å². The van der Waals surface area contributed by atoms with Crippen molar-refractivity contribution in [1.29, 1.82) is 0 Å². The van der Waals surface area contributed by atoms with Crippen molar-refractivity contribution in [2.24, 2.45) is 0 Å². The molecule has 0 amide bonds. The van der Waals surface area contributed by atoms with E-state index in [0.717, 1.165) is 24.0 Å².